The highest BCUT2D eigenvalue weighted by Crippen LogP contribution is 2.20. The molecule has 1 rings (SSSR count). The SMILES string of the molecule is CCCCN(CCCC)C(=O)C(=O)N1CCCCC1CC. The van der Waals surface area contributed by atoms with Crippen molar-refractivity contribution in [2.45, 2.75) is 78.2 Å². The first-order valence-corrected chi connectivity index (χ1v) is 8.75. The van der Waals surface area contributed by atoms with Crippen LogP contribution in [0.1, 0.15) is 72.1 Å². The van der Waals surface area contributed by atoms with E-state index < -0.39 is 0 Å². The lowest BCUT2D eigenvalue weighted by atomic mass is 10.00. The topological polar surface area (TPSA) is 40.6 Å². The van der Waals surface area contributed by atoms with Crippen molar-refractivity contribution in [3.8, 4) is 0 Å². The highest BCUT2D eigenvalue weighted by molar-refractivity contribution is 6.35. The lowest BCUT2D eigenvalue weighted by molar-refractivity contribution is -0.154. The molecule has 122 valence electrons. The van der Waals surface area contributed by atoms with Gasteiger partial charge in [-0.3, -0.25) is 9.59 Å². The van der Waals surface area contributed by atoms with Gasteiger partial charge in [0.2, 0.25) is 0 Å². The fraction of sp³-hybridized carbons (Fsp3) is 0.882. The molecule has 0 aliphatic carbocycles. The molecule has 21 heavy (non-hydrogen) atoms. The second kappa shape index (κ2) is 9.80. The number of hydrogen-bond donors (Lipinski definition) is 0. The van der Waals surface area contributed by atoms with Crippen LogP contribution in [-0.2, 0) is 9.59 Å². The van der Waals surface area contributed by atoms with Crippen LogP contribution in [0.5, 0.6) is 0 Å². The molecule has 0 aromatic carbocycles. The number of nitrogens with zero attached hydrogens (tertiary/aromatic N) is 2. The Hall–Kier alpha value is -1.06. The summed E-state index contributed by atoms with van der Waals surface area (Å²) in [5.41, 5.74) is 0. The van der Waals surface area contributed by atoms with Gasteiger partial charge in [-0.2, -0.15) is 0 Å². The third-order valence-electron chi connectivity index (χ3n) is 4.39. The smallest absolute Gasteiger partial charge is 0.312 e. The molecule has 1 fully saturated rings. The summed E-state index contributed by atoms with van der Waals surface area (Å²) in [6, 6.07) is 0.259. The van der Waals surface area contributed by atoms with Crippen LogP contribution in [0.15, 0.2) is 0 Å². The largest absolute Gasteiger partial charge is 0.334 e. The molecular formula is C17H32N2O2. The molecule has 0 aromatic heterocycles. The van der Waals surface area contributed by atoms with Gasteiger partial charge in [-0.15, -0.1) is 0 Å². The molecule has 1 aliphatic rings. The summed E-state index contributed by atoms with van der Waals surface area (Å²) in [7, 11) is 0. The first kappa shape index (κ1) is 18.0. The third kappa shape index (κ3) is 5.33. The highest BCUT2D eigenvalue weighted by Gasteiger charge is 2.32. The summed E-state index contributed by atoms with van der Waals surface area (Å²) in [6.45, 7) is 8.51. The predicted molar refractivity (Wildman–Crippen MR) is 86.0 cm³/mol. The average Bonchev–Trinajstić information content (AvgIpc) is 2.53. The summed E-state index contributed by atoms with van der Waals surface area (Å²) in [5, 5.41) is 0. The van der Waals surface area contributed by atoms with Crippen LogP contribution in [-0.4, -0.2) is 47.3 Å². The Labute approximate surface area is 129 Å². The molecule has 0 N–H and O–H groups in total. The van der Waals surface area contributed by atoms with Crippen molar-refractivity contribution in [3.05, 3.63) is 0 Å². The van der Waals surface area contributed by atoms with Crippen molar-refractivity contribution in [3.63, 3.8) is 0 Å². The van der Waals surface area contributed by atoms with Gasteiger partial charge in [0.1, 0.15) is 0 Å². The molecule has 0 spiro atoms. The summed E-state index contributed by atoms with van der Waals surface area (Å²) in [5.74, 6) is -0.550. The molecule has 4 heteroatoms. The quantitative estimate of drug-likeness (QED) is 0.677. The first-order chi connectivity index (χ1) is 10.2. The van der Waals surface area contributed by atoms with Gasteiger partial charge >= 0.3 is 11.8 Å². The van der Waals surface area contributed by atoms with E-state index in [0.29, 0.717) is 13.1 Å². The zero-order valence-electron chi connectivity index (χ0n) is 14.1. The fourth-order valence-corrected chi connectivity index (χ4v) is 2.96. The van der Waals surface area contributed by atoms with Crippen LogP contribution in [0.3, 0.4) is 0 Å². The Morgan fingerprint density at radius 3 is 2.19 bits per heavy atom. The van der Waals surface area contributed by atoms with E-state index in [9.17, 15) is 9.59 Å². The number of rotatable bonds is 7. The van der Waals surface area contributed by atoms with Crippen molar-refractivity contribution in [1.29, 1.82) is 0 Å². The maximum absolute atomic E-state index is 12.6. The standard InChI is InChI=1S/C17H32N2O2/c1-4-7-12-18(13-8-5-2)16(20)17(21)19-14-10-9-11-15(19)6-3/h15H,4-14H2,1-3H3. The van der Waals surface area contributed by atoms with E-state index in [1.165, 1.54) is 6.42 Å². The molecule has 1 saturated heterocycles. The number of likely N-dealkylation sites (tertiary alicyclic amines) is 1. The normalized spacial score (nSPS) is 18.6. The van der Waals surface area contributed by atoms with Crippen molar-refractivity contribution in [2.24, 2.45) is 0 Å². The summed E-state index contributed by atoms with van der Waals surface area (Å²) in [6.07, 6.45) is 8.23. The number of hydrogen-bond acceptors (Lipinski definition) is 2. The molecular weight excluding hydrogens is 264 g/mol. The zero-order chi connectivity index (χ0) is 15.7. The minimum absolute atomic E-state index is 0.259. The van der Waals surface area contributed by atoms with E-state index in [1.807, 2.05) is 4.90 Å². The summed E-state index contributed by atoms with van der Waals surface area (Å²) >= 11 is 0. The molecule has 0 aromatic rings. The zero-order valence-corrected chi connectivity index (χ0v) is 14.1. The van der Waals surface area contributed by atoms with Crippen molar-refractivity contribution in [2.75, 3.05) is 19.6 Å². The number of amides is 2. The lowest BCUT2D eigenvalue weighted by Gasteiger charge is -2.36. The van der Waals surface area contributed by atoms with E-state index in [2.05, 4.69) is 20.8 Å². The monoisotopic (exact) mass is 296 g/mol. The maximum Gasteiger partial charge on any atom is 0.312 e. The van der Waals surface area contributed by atoms with Gasteiger partial charge in [-0.05, 0) is 38.5 Å². The Morgan fingerprint density at radius 2 is 1.67 bits per heavy atom. The van der Waals surface area contributed by atoms with E-state index in [-0.39, 0.29) is 17.9 Å². The van der Waals surface area contributed by atoms with Gasteiger partial charge in [-0.1, -0.05) is 33.6 Å². The van der Waals surface area contributed by atoms with Gasteiger partial charge in [0.25, 0.3) is 0 Å². The number of piperidine rings is 1. The second-order valence-corrected chi connectivity index (χ2v) is 6.06. The number of carbonyl (C=O) groups is 2. The molecule has 4 nitrogen and oxygen atoms in total. The molecule has 0 saturated carbocycles. The van der Waals surface area contributed by atoms with Crippen molar-refractivity contribution >= 4 is 11.8 Å². The van der Waals surface area contributed by atoms with Crippen LogP contribution in [0, 0.1) is 0 Å². The minimum Gasteiger partial charge on any atom is -0.334 e. The van der Waals surface area contributed by atoms with Crippen LogP contribution >= 0.6 is 0 Å². The van der Waals surface area contributed by atoms with Gasteiger partial charge in [0, 0.05) is 25.7 Å². The van der Waals surface area contributed by atoms with E-state index in [4.69, 9.17) is 0 Å². The van der Waals surface area contributed by atoms with Crippen molar-refractivity contribution in [1.82, 2.24) is 9.80 Å². The molecule has 1 unspecified atom stereocenters. The highest BCUT2D eigenvalue weighted by atomic mass is 16.2. The van der Waals surface area contributed by atoms with Gasteiger partial charge < -0.3 is 9.80 Å². The molecule has 0 bridgehead atoms. The van der Waals surface area contributed by atoms with Gasteiger partial charge in [-0.25, -0.2) is 0 Å². The number of unbranched alkanes of at least 4 members (excludes halogenated alkanes) is 2. The Bertz CT molecular complexity index is 323. The van der Waals surface area contributed by atoms with Gasteiger partial charge in [0.15, 0.2) is 0 Å². The van der Waals surface area contributed by atoms with Crippen LogP contribution in [0.2, 0.25) is 0 Å². The Kier molecular flexibility index (Phi) is 8.40. The molecule has 0 radical (unpaired) electrons. The Balaban J connectivity index is 2.68. The lowest BCUT2D eigenvalue weighted by Crippen LogP contribution is -2.51. The van der Waals surface area contributed by atoms with Crippen LogP contribution in [0.4, 0.5) is 0 Å². The second-order valence-electron chi connectivity index (χ2n) is 6.06. The average molecular weight is 296 g/mol. The van der Waals surface area contributed by atoms with Gasteiger partial charge in [0.05, 0.1) is 0 Å². The summed E-state index contributed by atoms with van der Waals surface area (Å²) in [4.78, 5) is 28.7. The van der Waals surface area contributed by atoms with E-state index >= 15 is 0 Å². The molecule has 1 heterocycles. The fourth-order valence-electron chi connectivity index (χ4n) is 2.96. The first-order valence-electron chi connectivity index (χ1n) is 8.75. The Morgan fingerprint density at radius 1 is 1.05 bits per heavy atom. The molecule has 1 atom stereocenters. The molecule has 2 amide bonds. The van der Waals surface area contributed by atoms with E-state index in [1.54, 1.807) is 4.90 Å². The predicted octanol–water partition coefficient (Wildman–Crippen LogP) is 3.21. The number of carbonyl (C=O) groups excluding carboxylic acids is 2. The van der Waals surface area contributed by atoms with Crippen molar-refractivity contribution < 1.29 is 9.59 Å². The van der Waals surface area contributed by atoms with E-state index in [0.717, 1.165) is 51.5 Å². The van der Waals surface area contributed by atoms with Crippen LogP contribution in [0.25, 0.3) is 0 Å². The third-order valence-corrected chi connectivity index (χ3v) is 4.39. The van der Waals surface area contributed by atoms with Crippen LogP contribution < -0.4 is 0 Å². The summed E-state index contributed by atoms with van der Waals surface area (Å²) < 4.78 is 0. The minimum atomic E-state index is -0.280. The maximum atomic E-state index is 12.6. The molecule has 1 aliphatic heterocycles.